The number of anilines is 1. The molecule has 2 atom stereocenters. The molecular formula is C14H22BrN3O2. The smallest absolute Gasteiger partial charge is 0.312 e. The second-order valence-electron chi connectivity index (χ2n) is 6.19. The lowest BCUT2D eigenvalue weighted by Gasteiger charge is -2.29. The zero-order chi connectivity index (χ0) is 15.1. The zero-order valence-electron chi connectivity index (χ0n) is 12.7. The third kappa shape index (κ3) is 2.57. The van der Waals surface area contributed by atoms with Crippen LogP contribution in [-0.2, 0) is 14.9 Å². The van der Waals surface area contributed by atoms with Gasteiger partial charge in [-0.25, -0.2) is 4.68 Å². The Labute approximate surface area is 128 Å². The second kappa shape index (κ2) is 5.39. The van der Waals surface area contributed by atoms with Crippen LogP contribution in [0, 0.1) is 5.92 Å². The van der Waals surface area contributed by atoms with E-state index in [9.17, 15) is 4.79 Å². The van der Waals surface area contributed by atoms with E-state index < -0.39 is 0 Å². The molecule has 0 aromatic carbocycles. The van der Waals surface area contributed by atoms with Gasteiger partial charge in [0.25, 0.3) is 0 Å². The van der Waals surface area contributed by atoms with Crippen LogP contribution in [-0.4, -0.2) is 28.9 Å². The summed E-state index contributed by atoms with van der Waals surface area (Å²) in [6.07, 6.45) is 0. The SMILES string of the molecule is CCOC(=O)C1CNc2c(Br)c(C(C)(C)C)nn2C1C. The Bertz CT molecular complexity index is 519. The Morgan fingerprint density at radius 1 is 1.55 bits per heavy atom. The highest BCUT2D eigenvalue weighted by molar-refractivity contribution is 9.10. The largest absolute Gasteiger partial charge is 0.466 e. The van der Waals surface area contributed by atoms with Gasteiger partial charge >= 0.3 is 5.97 Å². The van der Waals surface area contributed by atoms with Crippen molar-refractivity contribution in [1.82, 2.24) is 9.78 Å². The number of hydrogen-bond donors (Lipinski definition) is 1. The number of hydrogen-bond acceptors (Lipinski definition) is 4. The molecule has 5 nitrogen and oxygen atoms in total. The van der Waals surface area contributed by atoms with Gasteiger partial charge in [-0.15, -0.1) is 0 Å². The summed E-state index contributed by atoms with van der Waals surface area (Å²) in [6.45, 7) is 11.2. The Hall–Kier alpha value is -1.04. The lowest BCUT2D eigenvalue weighted by atomic mass is 9.92. The van der Waals surface area contributed by atoms with Crippen LogP contribution in [0.2, 0.25) is 0 Å². The lowest BCUT2D eigenvalue weighted by molar-refractivity contribution is -0.149. The fourth-order valence-electron chi connectivity index (χ4n) is 2.42. The number of nitrogens with one attached hydrogen (secondary N) is 1. The quantitative estimate of drug-likeness (QED) is 0.838. The average molecular weight is 344 g/mol. The van der Waals surface area contributed by atoms with Crippen molar-refractivity contribution in [2.75, 3.05) is 18.5 Å². The van der Waals surface area contributed by atoms with Crippen molar-refractivity contribution in [3.63, 3.8) is 0 Å². The van der Waals surface area contributed by atoms with Crippen LogP contribution in [0.25, 0.3) is 0 Å². The number of rotatable bonds is 2. The molecule has 20 heavy (non-hydrogen) atoms. The summed E-state index contributed by atoms with van der Waals surface area (Å²) >= 11 is 3.63. The fourth-order valence-corrected chi connectivity index (χ4v) is 3.42. The number of nitrogens with zero attached hydrogens (tertiary/aromatic N) is 2. The predicted octanol–water partition coefficient (Wildman–Crippen LogP) is 3.11. The van der Waals surface area contributed by atoms with Gasteiger partial charge in [0.15, 0.2) is 0 Å². The first-order valence-corrected chi connectivity index (χ1v) is 7.75. The van der Waals surface area contributed by atoms with Crippen molar-refractivity contribution >= 4 is 27.7 Å². The molecule has 1 aliphatic heterocycles. The van der Waals surface area contributed by atoms with Gasteiger partial charge < -0.3 is 10.1 Å². The van der Waals surface area contributed by atoms with Crippen molar-refractivity contribution in [2.45, 2.75) is 46.1 Å². The van der Waals surface area contributed by atoms with E-state index >= 15 is 0 Å². The van der Waals surface area contributed by atoms with E-state index in [0.717, 1.165) is 16.0 Å². The topological polar surface area (TPSA) is 56.1 Å². The normalized spacial score (nSPS) is 22.1. The minimum Gasteiger partial charge on any atom is -0.466 e. The predicted molar refractivity (Wildman–Crippen MR) is 82.0 cm³/mol. The Morgan fingerprint density at radius 3 is 2.75 bits per heavy atom. The molecule has 112 valence electrons. The minimum absolute atomic E-state index is 0.0160. The van der Waals surface area contributed by atoms with E-state index in [4.69, 9.17) is 9.84 Å². The van der Waals surface area contributed by atoms with Crippen LogP contribution >= 0.6 is 15.9 Å². The number of carbonyl (C=O) groups is 1. The molecule has 1 aromatic heterocycles. The van der Waals surface area contributed by atoms with Gasteiger partial charge in [-0.2, -0.15) is 5.10 Å². The lowest BCUT2D eigenvalue weighted by Crippen LogP contribution is -2.37. The number of ether oxygens (including phenoxy) is 1. The summed E-state index contributed by atoms with van der Waals surface area (Å²) < 4.78 is 8.02. The average Bonchev–Trinajstić information content (AvgIpc) is 2.68. The molecule has 0 saturated carbocycles. The van der Waals surface area contributed by atoms with Gasteiger partial charge in [0.1, 0.15) is 5.82 Å². The standard InChI is InChI=1S/C14H22BrN3O2/c1-6-20-13(19)9-7-16-12-10(15)11(14(3,4)5)17-18(12)8(9)2/h8-9,16H,6-7H2,1-5H3. The molecule has 0 saturated heterocycles. The highest BCUT2D eigenvalue weighted by atomic mass is 79.9. The molecular weight excluding hydrogens is 322 g/mol. The Kier molecular flexibility index (Phi) is 4.14. The van der Waals surface area contributed by atoms with Gasteiger partial charge in [0.2, 0.25) is 0 Å². The first-order valence-electron chi connectivity index (χ1n) is 6.96. The van der Waals surface area contributed by atoms with E-state index in [2.05, 4.69) is 42.0 Å². The third-order valence-corrected chi connectivity index (χ3v) is 4.36. The molecule has 1 aliphatic rings. The van der Waals surface area contributed by atoms with Crippen LogP contribution in [0.1, 0.15) is 46.4 Å². The van der Waals surface area contributed by atoms with Gasteiger partial charge in [0.05, 0.1) is 28.7 Å². The molecule has 0 fully saturated rings. The summed E-state index contributed by atoms with van der Waals surface area (Å²) in [5, 5.41) is 7.99. The van der Waals surface area contributed by atoms with Gasteiger partial charge in [-0.1, -0.05) is 20.8 Å². The minimum atomic E-state index is -0.206. The van der Waals surface area contributed by atoms with E-state index in [1.807, 2.05) is 18.5 Å². The number of esters is 1. The summed E-state index contributed by atoms with van der Waals surface area (Å²) in [6, 6.07) is -0.0160. The number of fused-ring (bicyclic) bond motifs is 1. The highest BCUT2D eigenvalue weighted by Crippen LogP contribution is 2.39. The van der Waals surface area contributed by atoms with E-state index in [-0.39, 0.29) is 23.3 Å². The molecule has 1 aromatic rings. The number of aromatic nitrogens is 2. The molecule has 0 aliphatic carbocycles. The Morgan fingerprint density at radius 2 is 2.20 bits per heavy atom. The van der Waals surface area contributed by atoms with E-state index in [1.165, 1.54) is 0 Å². The maximum absolute atomic E-state index is 12.0. The van der Waals surface area contributed by atoms with Crippen LogP contribution in [0.4, 0.5) is 5.82 Å². The molecule has 0 amide bonds. The molecule has 2 rings (SSSR count). The molecule has 0 bridgehead atoms. The first kappa shape index (κ1) is 15.4. The molecule has 2 heterocycles. The monoisotopic (exact) mass is 343 g/mol. The molecule has 0 radical (unpaired) electrons. The van der Waals surface area contributed by atoms with Crippen molar-refractivity contribution in [1.29, 1.82) is 0 Å². The number of carbonyl (C=O) groups excluding carboxylic acids is 1. The maximum Gasteiger partial charge on any atom is 0.312 e. The molecule has 6 heteroatoms. The Balaban J connectivity index is 2.36. The van der Waals surface area contributed by atoms with Crippen molar-refractivity contribution in [2.24, 2.45) is 5.92 Å². The molecule has 0 spiro atoms. The van der Waals surface area contributed by atoms with E-state index in [0.29, 0.717) is 13.2 Å². The maximum atomic E-state index is 12.0. The molecule has 2 unspecified atom stereocenters. The summed E-state index contributed by atoms with van der Waals surface area (Å²) in [4.78, 5) is 12.0. The zero-order valence-corrected chi connectivity index (χ0v) is 14.2. The fraction of sp³-hybridized carbons (Fsp3) is 0.714. The van der Waals surface area contributed by atoms with Crippen molar-refractivity contribution < 1.29 is 9.53 Å². The van der Waals surface area contributed by atoms with Crippen LogP contribution in [0.3, 0.4) is 0 Å². The van der Waals surface area contributed by atoms with Crippen LogP contribution < -0.4 is 5.32 Å². The van der Waals surface area contributed by atoms with Crippen LogP contribution in [0.15, 0.2) is 4.47 Å². The second-order valence-corrected chi connectivity index (χ2v) is 6.98. The first-order chi connectivity index (χ1) is 9.27. The van der Waals surface area contributed by atoms with Crippen molar-refractivity contribution in [3.8, 4) is 0 Å². The summed E-state index contributed by atoms with van der Waals surface area (Å²) in [5.41, 5.74) is 0.945. The van der Waals surface area contributed by atoms with Gasteiger partial charge in [-0.05, 0) is 29.8 Å². The van der Waals surface area contributed by atoms with Gasteiger partial charge in [-0.3, -0.25) is 4.79 Å². The summed E-state index contributed by atoms with van der Waals surface area (Å²) in [7, 11) is 0. The molecule has 1 N–H and O–H groups in total. The van der Waals surface area contributed by atoms with Crippen molar-refractivity contribution in [3.05, 3.63) is 10.2 Å². The van der Waals surface area contributed by atoms with E-state index in [1.54, 1.807) is 0 Å². The summed E-state index contributed by atoms with van der Waals surface area (Å²) in [5.74, 6) is 0.576. The highest BCUT2D eigenvalue weighted by Gasteiger charge is 2.36. The number of halogens is 1. The third-order valence-electron chi connectivity index (χ3n) is 3.61. The van der Waals surface area contributed by atoms with Crippen LogP contribution in [0.5, 0.6) is 0 Å². The van der Waals surface area contributed by atoms with Gasteiger partial charge in [0, 0.05) is 12.0 Å².